The minimum Gasteiger partial charge on any atom is -0.372 e. The van der Waals surface area contributed by atoms with Crippen molar-refractivity contribution >= 4 is 10.0 Å². The number of benzene rings is 2. The van der Waals surface area contributed by atoms with Gasteiger partial charge in [-0.3, -0.25) is 0 Å². The number of nitrogens with one attached hydrogen (secondary N) is 1. The molecule has 0 saturated carbocycles. The maximum absolute atomic E-state index is 12.2. The number of sulfonamides is 1. The molecule has 1 aliphatic heterocycles. The van der Waals surface area contributed by atoms with Crippen molar-refractivity contribution in [3.8, 4) is 11.1 Å². The summed E-state index contributed by atoms with van der Waals surface area (Å²) in [6.07, 6.45) is 1.41. The van der Waals surface area contributed by atoms with Crippen molar-refractivity contribution in [3.63, 3.8) is 0 Å². The third-order valence-electron chi connectivity index (χ3n) is 4.60. The van der Waals surface area contributed by atoms with Crippen LogP contribution in [-0.4, -0.2) is 26.3 Å². The van der Waals surface area contributed by atoms with Gasteiger partial charge in [-0.05, 0) is 43.4 Å². The molecule has 2 aromatic rings. The van der Waals surface area contributed by atoms with Gasteiger partial charge in [-0.25, -0.2) is 13.1 Å². The molecule has 1 fully saturated rings. The molecule has 1 N–H and O–H groups in total. The van der Waals surface area contributed by atoms with E-state index in [1.54, 1.807) is 13.8 Å². The third-order valence-corrected chi connectivity index (χ3v) is 6.48. The summed E-state index contributed by atoms with van der Waals surface area (Å²) in [5, 5.41) is -0.449. The van der Waals surface area contributed by atoms with E-state index >= 15 is 0 Å². The third kappa shape index (κ3) is 4.29. The van der Waals surface area contributed by atoms with Crippen molar-refractivity contribution in [2.45, 2.75) is 44.1 Å². The molecule has 134 valence electrons. The average molecular weight is 359 g/mol. The van der Waals surface area contributed by atoms with Crippen LogP contribution in [0.1, 0.15) is 38.4 Å². The maximum atomic E-state index is 12.2. The molecule has 0 radical (unpaired) electrons. The Labute approximate surface area is 150 Å². The van der Waals surface area contributed by atoms with Gasteiger partial charge < -0.3 is 4.74 Å². The zero-order valence-electron chi connectivity index (χ0n) is 14.7. The van der Waals surface area contributed by atoms with Crippen molar-refractivity contribution in [1.29, 1.82) is 0 Å². The van der Waals surface area contributed by atoms with Gasteiger partial charge in [0.2, 0.25) is 10.0 Å². The lowest BCUT2D eigenvalue weighted by Crippen LogP contribution is -2.45. The molecule has 3 rings (SSSR count). The summed E-state index contributed by atoms with van der Waals surface area (Å²) in [5.41, 5.74) is 3.31. The van der Waals surface area contributed by atoms with Crippen LogP contribution in [0, 0.1) is 0 Å². The highest BCUT2D eigenvalue weighted by Crippen LogP contribution is 2.31. The van der Waals surface area contributed by atoms with E-state index in [0.717, 1.165) is 29.5 Å². The Bertz CT molecular complexity index is 785. The number of hydrogen-bond donors (Lipinski definition) is 1. The van der Waals surface area contributed by atoms with Crippen molar-refractivity contribution in [1.82, 2.24) is 4.72 Å². The van der Waals surface area contributed by atoms with Crippen LogP contribution in [0.15, 0.2) is 54.6 Å². The number of ether oxygens (including phenoxy) is 1. The van der Waals surface area contributed by atoms with Crippen molar-refractivity contribution in [3.05, 3.63) is 60.2 Å². The van der Waals surface area contributed by atoms with Crippen LogP contribution in [-0.2, 0) is 14.8 Å². The monoisotopic (exact) mass is 359 g/mol. The molecule has 4 nitrogen and oxygen atoms in total. The molecule has 1 aliphatic rings. The zero-order chi connectivity index (χ0) is 17.9. The van der Waals surface area contributed by atoms with Gasteiger partial charge in [-0.2, -0.15) is 0 Å². The van der Waals surface area contributed by atoms with Crippen LogP contribution in [0.4, 0.5) is 0 Å². The standard InChI is InChI=1S/C20H25NO3S/c1-15(2)25(22,23)21-19-9-6-14-24-20(19)18-12-10-17(11-13-18)16-7-4-3-5-8-16/h3-5,7-8,10-13,15,19-21H,6,9,14H2,1-2H3/t19-,20+/m0/s1. The van der Waals surface area contributed by atoms with Crippen LogP contribution in [0.2, 0.25) is 0 Å². The van der Waals surface area contributed by atoms with Gasteiger partial charge in [0.05, 0.1) is 17.4 Å². The Morgan fingerprint density at radius 1 is 1.00 bits per heavy atom. The first-order chi connectivity index (χ1) is 12.0. The zero-order valence-corrected chi connectivity index (χ0v) is 15.5. The second-order valence-corrected chi connectivity index (χ2v) is 9.01. The molecule has 5 heteroatoms. The molecule has 0 unspecified atom stereocenters. The fourth-order valence-electron chi connectivity index (χ4n) is 3.07. The SMILES string of the molecule is CC(C)S(=O)(=O)N[C@H]1CCCO[C@@H]1c1ccc(-c2ccccc2)cc1. The first-order valence-corrected chi connectivity index (χ1v) is 10.3. The lowest BCUT2D eigenvalue weighted by Gasteiger charge is -2.33. The van der Waals surface area contributed by atoms with Crippen molar-refractivity contribution in [2.75, 3.05) is 6.61 Å². The van der Waals surface area contributed by atoms with Crippen LogP contribution in [0.3, 0.4) is 0 Å². The molecule has 0 amide bonds. The quantitative estimate of drug-likeness (QED) is 0.881. The summed E-state index contributed by atoms with van der Waals surface area (Å²) in [7, 11) is -3.32. The maximum Gasteiger partial charge on any atom is 0.214 e. The van der Waals surface area contributed by atoms with Crippen molar-refractivity contribution in [2.24, 2.45) is 0 Å². The molecule has 2 aromatic carbocycles. The minimum absolute atomic E-state index is 0.219. The van der Waals surface area contributed by atoms with E-state index in [1.807, 2.05) is 30.3 Å². The number of rotatable bonds is 5. The second-order valence-electron chi connectivity index (χ2n) is 6.74. The summed E-state index contributed by atoms with van der Waals surface area (Å²) in [5.74, 6) is 0. The van der Waals surface area contributed by atoms with E-state index in [2.05, 4.69) is 29.0 Å². The Hall–Kier alpha value is -1.69. The predicted molar refractivity (Wildman–Crippen MR) is 101 cm³/mol. The highest BCUT2D eigenvalue weighted by atomic mass is 32.2. The van der Waals surface area contributed by atoms with Crippen LogP contribution < -0.4 is 4.72 Å². The molecule has 0 aromatic heterocycles. The van der Waals surface area contributed by atoms with E-state index in [-0.39, 0.29) is 12.1 Å². The van der Waals surface area contributed by atoms with Crippen LogP contribution in [0.5, 0.6) is 0 Å². The smallest absolute Gasteiger partial charge is 0.214 e. The average Bonchev–Trinajstić information content (AvgIpc) is 2.63. The summed E-state index contributed by atoms with van der Waals surface area (Å²) >= 11 is 0. The molecule has 25 heavy (non-hydrogen) atoms. The fraction of sp³-hybridized carbons (Fsp3) is 0.400. The highest BCUT2D eigenvalue weighted by Gasteiger charge is 2.31. The van der Waals surface area contributed by atoms with Gasteiger partial charge in [0.25, 0.3) is 0 Å². The Balaban J connectivity index is 1.81. The van der Waals surface area contributed by atoms with Gasteiger partial charge in [0.1, 0.15) is 0 Å². The van der Waals surface area contributed by atoms with E-state index in [0.29, 0.717) is 6.61 Å². The molecule has 0 aliphatic carbocycles. The normalized spacial score (nSPS) is 21.4. The predicted octanol–water partition coefficient (Wildman–Crippen LogP) is 3.90. The van der Waals surface area contributed by atoms with E-state index < -0.39 is 15.3 Å². The summed E-state index contributed by atoms with van der Waals surface area (Å²) in [6.45, 7) is 4.04. The molecule has 2 atom stereocenters. The summed E-state index contributed by atoms with van der Waals surface area (Å²) < 4.78 is 33.3. The van der Waals surface area contributed by atoms with Crippen LogP contribution in [0.25, 0.3) is 11.1 Å². The largest absolute Gasteiger partial charge is 0.372 e. The highest BCUT2D eigenvalue weighted by molar-refractivity contribution is 7.90. The molecular weight excluding hydrogens is 334 g/mol. The summed E-state index contributed by atoms with van der Waals surface area (Å²) in [4.78, 5) is 0. The fourth-order valence-corrected chi connectivity index (χ4v) is 4.01. The lowest BCUT2D eigenvalue weighted by molar-refractivity contribution is -0.00446. The first kappa shape index (κ1) is 18.1. The molecule has 0 spiro atoms. The number of hydrogen-bond acceptors (Lipinski definition) is 3. The Kier molecular flexibility index (Phi) is 5.57. The van der Waals surface area contributed by atoms with Gasteiger partial charge in [0.15, 0.2) is 0 Å². The lowest BCUT2D eigenvalue weighted by atomic mass is 9.95. The van der Waals surface area contributed by atoms with E-state index in [9.17, 15) is 8.42 Å². The van der Waals surface area contributed by atoms with Crippen LogP contribution >= 0.6 is 0 Å². The molecular formula is C20H25NO3S. The van der Waals surface area contributed by atoms with Gasteiger partial charge in [-0.1, -0.05) is 54.6 Å². The van der Waals surface area contributed by atoms with Gasteiger partial charge in [-0.15, -0.1) is 0 Å². The molecule has 0 bridgehead atoms. The van der Waals surface area contributed by atoms with Gasteiger partial charge in [0, 0.05) is 6.61 Å². The Morgan fingerprint density at radius 3 is 2.28 bits per heavy atom. The topological polar surface area (TPSA) is 55.4 Å². The minimum atomic E-state index is -3.32. The molecule has 1 saturated heterocycles. The van der Waals surface area contributed by atoms with Gasteiger partial charge >= 0.3 is 0 Å². The first-order valence-electron chi connectivity index (χ1n) is 8.75. The Morgan fingerprint density at radius 2 is 1.64 bits per heavy atom. The van der Waals surface area contributed by atoms with E-state index in [1.165, 1.54) is 0 Å². The van der Waals surface area contributed by atoms with Crippen molar-refractivity contribution < 1.29 is 13.2 Å². The molecule has 1 heterocycles. The van der Waals surface area contributed by atoms with E-state index in [4.69, 9.17) is 4.74 Å². The summed E-state index contributed by atoms with van der Waals surface area (Å²) in [6, 6.07) is 18.2. The second kappa shape index (κ2) is 7.68.